The van der Waals surface area contributed by atoms with Crippen LogP contribution in [0.3, 0.4) is 0 Å². The molecule has 0 saturated heterocycles. The molecule has 1 atom stereocenters. The molecule has 7 nitrogen and oxygen atoms in total. The zero-order chi connectivity index (χ0) is 21.0. The summed E-state index contributed by atoms with van der Waals surface area (Å²) in [7, 11) is -3.61. The molecule has 0 saturated carbocycles. The largest absolute Gasteiger partial charge is 0.459 e. The molecule has 0 unspecified atom stereocenters. The third-order valence-electron chi connectivity index (χ3n) is 3.08. The number of sulfonamides is 1. The molecule has 0 heterocycles. The summed E-state index contributed by atoms with van der Waals surface area (Å²) in [5.74, 6) is -1.11. The first-order valence-electron chi connectivity index (χ1n) is 8.58. The van der Waals surface area contributed by atoms with Crippen molar-refractivity contribution >= 4 is 22.0 Å². The number of rotatable bonds is 6. The van der Waals surface area contributed by atoms with Gasteiger partial charge < -0.3 is 9.47 Å². The van der Waals surface area contributed by atoms with Crippen LogP contribution in [0.1, 0.15) is 57.5 Å². The van der Waals surface area contributed by atoms with Crippen LogP contribution in [0.15, 0.2) is 24.3 Å². The van der Waals surface area contributed by atoms with Crippen molar-refractivity contribution in [3.63, 3.8) is 0 Å². The highest BCUT2D eigenvalue weighted by atomic mass is 32.2. The van der Waals surface area contributed by atoms with Crippen LogP contribution in [0.2, 0.25) is 0 Å². The van der Waals surface area contributed by atoms with Crippen LogP contribution in [-0.4, -0.2) is 43.9 Å². The molecule has 27 heavy (non-hydrogen) atoms. The Kier molecular flexibility index (Phi) is 7.18. The van der Waals surface area contributed by atoms with E-state index in [1.54, 1.807) is 65.8 Å². The minimum atomic E-state index is -3.61. The lowest BCUT2D eigenvalue weighted by molar-refractivity contribution is -0.156. The molecule has 0 bridgehead atoms. The van der Waals surface area contributed by atoms with Crippen molar-refractivity contribution in [3.05, 3.63) is 35.4 Å². The number of ether oxygens (including phenoxy) is 2. The van der Waals surface area contributed by atoms with E-state index in [-0.39, 0.29) is 6.42 Å². The number of carbonyl (C=O) groups excluding carboxylic acids is 2. The van der Waals surface area contributed by atoms with Crippen LogP contribution < -0.4 is 4.72 Å². The fraction of sp³-hybridized carbons (Fsp3) is 0.579. The molecule has 1 rings (SSSR count). The van der Waals surface area contributed by atoms with Crippen LogP contribution in [0, 0.1) is 0 Å². The van der Waals surface area contributed by atoms with Gasteiger partial charge in [-0.05, 0) is 65.7 Å². The highest BCUT2D eigenvalue weighted by molar-refractivity contribution is 7.88. The second kappa shape index (κ2) is 8.39. The maximum atomic E-state index is 12.3. The highest BCUT2D eigenvalue weighted by Gasteiger charge is 2.28. The summed E-state index contributed by atoms with van der Waals surface area (Å²) in [4.78, 5) is 24.4. The Bertz CT molecular complexity index is 770. The van der Waals surface area contributed by atoms with Crippen LogP contribution in [0.4, 0.5) is 0 Å². The third kappa shape index (κ3) is 9.53. The molecular weight excluding hydrogens is 370 g/mol. The molecule has 0 spiro atoms. The maximum absolute atomic E-state index is 12.3. The molecule has 1 aromatic rings. The van der Waals surface area contributed by atoms with E-state index in [4.69, 9.17) is 9.47 Å². The first kappa shape index (κ1) is 23.1. The summed E-state index contributed by atoms with van der Waals surface area (Å²) in [5, 5.41) is 0. The summed E-state index contributed by atoms with van der Waals surface area (Å²) < 4.78 is 36.1. The summed E-state index contributed by atoms with van der Waals surface area (Å²) >= 11 is 0. The smallest absolute Gasteiger partial charge is 0.338 e. The van der Waals surface area contributed by atoms with Crippen molar-refractivity contribution in [1.82, 2.24) is 4.72 Å². The fourth-order valence-corrected chi connectivity index (χ4v) is 2.85. The molecule has 0 fully saturated rings. The van der Waals surface area contributed by atoms with Gasteiger partial charge in [0.2, 0.25) is 10.0 Å². The average molecular weight is 400 g/mol. The number of hydrogen-bond donors (Lipinski definition) is 1. The van der Waals surface area contributed by atoms with E-state index in [1.165, 1.54) is 0 Å². The second-order valence-electron chi connectivity index (χ2n) is 8.38. The number of carbonyl (C=O) groups is 2. The van der Waals surface area contributed by atoms with E-state index < -0.39 is 39.2 Å². The molecule has 1 N–H and O–H groups in total. The van der Waals surface area contributed by atoms with Crippen LogP contribution in [-0.2, 0) is 30.7 Å². The molecule has 0 aromatic heterocycles. The molecule has 1 aromatic carbocycles. The van der Waals surface area contributed by atoms with Crippen molar-refractivity contribution in [3.8, 4) is 0 Å². The summed E-state index contributed by atoms with van der Waals surface area (Å²) in [6.45, 7) is 10.5. The van der Waals surface area contributed by atoms with E-state index in [0.717, 1.165) is 6.26 Å². The Labute approximate surface area is 161 Å². The van der Waals surface area contributed by atoms with Gasteiger partial charge in [0.15, 0.2) is 0 Å². The second-order valence-corrected chi connectivity index (χ2v) is 10.2. The van der Waals surface area contributed by atoms with Gasteiger partial charge in [0.1, 0.15) is 17.2 Å². The predicted octanol–water partition coefficient (Wildman–Crippen LogP) is 2.44. The summed E-state index contributed by atoms with van der Waals surface area (Å²) in [6.07, 6.45) is 1.08. The minimum Gasteiger partial charge on any atom is -0.459 e. The van der Waals surface area contributed by atoms with Gasteiger partial charge in [0, 0.05) is 0 Å². The highest BCUT2D eigenvalue weighted by Crippen LogP contribution is 2.15. The first-order chi connectivity index (χ1) is 12.1. The monoisotopic (exact) mass is 399 g/mol. The zero-order valence-corrected chi connectivity index (χ0v) is 17.8. The number of benzene rings is 1. The lowest BCUT2D eigenvalue weighted by Gasteiger charge is -2.24. The lowest BCUT2D eigenvalue weighted by atomic mass is 10.0. The first-order valence-corrected chi connectivity index (χ1v) is 10.5. The van der Waals surface area contributed by atoms with E-state index in [2.05, 4.69) is 4.72 Å². The van der Waals surface area contributed by atoms with Crippen LogP contribution in [0.5, 0.6) is 0 Å². The molecule has 0 aliphatic carbocycles. The van der Waals surface area contributed by atoms with Gasteiger partial charge in [0.05, 0.1) is 11.8 Å². The normalized spacial score (nSPS) is 13.7. The Balaban J connectivity index is 2.95. The van der Waals surface area contributed by atoms with Crippen molar-refractivity contribution < 1.29 is 27.5 Å². The lowest BCUT2D eigenvalue weighted by Crippen LogP contribution is -2.45. The molecule has 8 heteroatoms. The predicted molar refractivity (Wildman–Crippen MR) is 103 cm³/mol. The van der Waals surface area contributed by atoms with Crippen LogP contribution in [0.25, 0.3) is 0 Å². The molecule has 0 aliphatic rings. The van der Waals surface area contributed by atoms with E-state index in [1.807, 2.05) is 0 Å². The zero-order valence-electron chi connectivity index (χ0n) is 17.0. The van der Waals surface area contributed by atoms with Crippen LogP contribution >= 0.6 is 0 Å². The molecule has 152 valence electrons. The van der Waals surface area contributed by atoms with Crippen molar-refractivity contribution in [1.29, 1.82) is 0 Å². The van der Waals surface area contributed by atoms with Crippen molar-refractivity contribution in [2.45, 2.75) is 65.2 Å². The fourth-order valence-electron chi connectivity index (χ4n) is 2.15. The Hall–Kier alpha value is -1.93. The molecule has 0 aliphatic heterocycles. The Morgan fingerprint density at radius 3 is 1.85 bits per heavy atom. The van der Waals surface area contributed by atoms with Gasteiger partial charge in [-0.2, -0.15) is 0 Å². The molecule has 0 amide bonds. The van der Waals surface area contributed by atoms with Gasteiger partial charge in [-0.3, -0.25) is 4.79 Å². The number of hydrogen-bond acceptors (Lipinski definition) is 6. The van der Waals surface area contributed by atoms with E-state index in [9.17, 15) is 18.0 Å². The quantitative estimate of drug-likeness (QED) is 0.738. The summed E-state index contributed by atoms with van der Waals surface area (Å²) in [5.41, 5.74) is -0.292. The average Bonchev–Trinajstić information content (AvgIpc) is 2.42. The Morgan fingerprint density at radius 1 is 0.963 bits per heavy atom. The summed E-state index contributed by atoms with van der Waals surface area (Å²) in [6, 6.07) is 5.40. The maximum Gasteiger partial charge on any atom is 0.338 e. The van der Waals surface area contributed by atoms with Gasteiger partial charge in [-0.1, -0.05) is 12.1 Å². The van der Waals surface area contributed by atoms with Gasteiger partial charge in [0.25, 0.3) is 0 Å². The number of nitrogens with one attached hydrogen (secondary N) is 1. The third-order valence-corrected chi connectivity index (χ3v) is 3.79. The SMILES string of the molecule is CC(C)(C)OC(=O)c1ccc(C[C@H](NS(C)(=O)=O)C(=O)OC(C)(C)C)cc1. The molecule has 0 radical (unpaired) electrons. The van der Waals surface area contributed by atoms with Gasteiger partial charge >= 0.3 is 11.9 Å². The Morgan fingerprint density at radius 2 is 1.44 bits per heavy atom. The van der Waals surface area contributed by atoms with E-state index >= 15 is 0 Å². The van der Waals surface area contributed by atoms with E-state index in [0.29, 0.717) is 11.1 Å². The van der Waals surface area contributed by atoms with Crippen molar-refractivity contribution in [2.24, 2.45) is 0 Å². The number of esters is 2. The standard InChI is InChI=1S/C19H29NO6S/c1-18(2,3)25-16(21)14-10-8-13(9-11-14)12-15(20-27(7,23)24)17(22)26-19(4,5)6/h8-11,15,20H,12H2,1-7H3/t15-/m0/s1. The molecular formula is C19H29NO6S. The van der Waals surface area contributed by atoms with Gasteiger partial charge in [-0.25, -0.2) is 17.9 Å². The van der Waals surface area contributed by atoms with Gasteiger partial charge in [-0.15, -0.1) is 0 Å². The topological polar surface area (TPSA) is 98.8 Å². The minimum absolute atomic E-state index is 0.0938. The van der Waals surface area contributed by atoms with Crippen molar-refractivity contribution in [2.75, 3.05) is 6.26 Å².